The molecule has 0 radical (unpaired) electrons. The van der Waals surface area contributed by atoms with Crippen molar-refractivity contribution in [1.29, 1.82) is 0 Å². The molecule has 0 saturated carbocycles. The highest BCUT2D eigenvalue weighted by molar-refractivity contribution is 7.09. The second-order valence-electron chi connectivity index (χ2n) is 5.30. The van der Waals surface area contributed by atoms with Gasteiger partial charge in [0.1, 0.15) is 5.01 Å². The van der Waals surface area contributed by atoms with Gasteiger partial charge in [0, 0.05) is 37.3 Å². The number of carbonyl (C=O) groups excluding carboxylic acids is 1. The molecule has 1 atom stereocenters. The van der Waals surface area contributed by atoms with Gasteiger partial charge in [-0.05, 0) is 32.1 Å². The summed E-state index contributed by atoms with van der Waals surface area (Å²) in [6.07, 6.45) is 6.96. The van der Waals surface area contributed by atoms with Crippen molar-refractivity contribution in [1.82, 2.24) is 9.88 Å². The highest BCUT2D eigenvalue weighted by atomic mass is 32.1. The van der Waals surface area contributed by atoms with Crippen LogP contribution in [0.2, 0.25) is 0 Å². The summed E-state index contributed by atoms with van der Waals surface area (Å²) < 4.78 is 5.36. The van der Waals surface area contributed by atoms with Gasteiger partial charge in [0.15, 0.2) is 0 Å². The fourth-order valence-electron chi connectivity index (χ4n) is 3.03. The van der Waals surface area contributed by atoms with E-state index in [0.717, 1.165) is 50.4 Å². The van der Waals surface area contributed by atoms with Crippen LogP contribution in [0.1, 0.15) is 43.2 Å². The molecule has 1 amide bonds. The minimum absolute atomic E-state index is 0.161. The molecule has 0 aliphatic carbocycles. The molecule has 0 aromatic carbocycles. The second-order valence-corrected chi connectivity index (χ2v) is 6.23. The Kier molecular flexibility index (Phi) is 4.13. The van der Waals surface area contributed by atoms with Crippen LogP contribution in [-0.2, 0) is 9.53 Å². The predicted molar refractivity (Wildman–Crippen MR) is 74.0 cm³/mol. The van der Waals surface area contributed by atoms with Gasteiger partial charge >= 0.3 is 0 Å². The number of nitrogens with zero attached hydrogens (tertiary/aromatic N) is 2. The molecular weight excluding hydrogens is 260 g/mol. The molecule has 19 heavy (non-hydrogen) atoms. The molecular formula is C14H20N2O2S. The molecule has 1 unspecified atom stereocenters. The summed E-state index contributed by atoms with van der Waals surface area (Å²) in [5.74, 6) is 0.484. The highest BCUT2D eigenvalue weighted by Crippen LogP contribution is 2.34. The van der Waals surface area contributed by atoms with Crippen molar-refractivity contribution in [3.05, 3.63) is 16.6 Å². The van der Waals surface area contributed by atoms with Crippen molar-refractivity contribution in [3.63, 3.8) is 0 Å². The van der Waals surface area contributed by atoms with E-state index < -0.39 is 0 Å². The number of hydrogen-bond donors (Lipinski definition) is 0. The molecule has 0 spiro atoms. The van der Waals surface area contributed by atoms with E-state index in [1.165, 1.54) is 6.42 Å². The number of likely N-dealkylation sites (tertiary alicyclic amines) is 1. The van der Waals surface area contributed by atoms with Gasteiger partial charge in [-0.2, -0.15) is 0 Å². The molecule has 3 rings (SSSR count). The van der Waals surface area contributed by atoms with Crippen LogP contribution in [0.3, 0.4) is 0 Å². The van der Waals surface area contributed by atoms with Gasteiger partial charge in [0.25, 0.3) is 0 Å². The largest absolute Gasteiger partial charge is 0.381 e. The fraction of sp³-hybridized carbons (Fsp3) is 0.714. The molecule has 2 aliphatic rings. The Hall–Kier alpha value is -0.940. The summed E-state index contributed by atoms with van der Waals surface area (Å²) in [4.78, 5) is 19.2. The maximum atomic E-state index is 12.7. The SMILES string of the molecule is O=C(C1CCOCC1)N1CCCCC1c1nccs1. The third kappa shape index (κ3) is 2.82. The lowest BCUT2D eigenvalue weighted by Gasteiger charge is -2.37. The fourth-order valence-corrected chi connectivity index (χ4v) is 3.82. The number of amides is 1. The monoisotopic (exact) mass is 280 g/mol. The van der Waals surface area contributed by atoms with Gasteiger partial charge < -0.3 is 9.64 Å². The Labute approximate surface area is 117 Å². The molecule has 2 aliphatic heterocycles. The number of thiazole rings is 1. The summed E-state index contributed by atoms with van der Waals surface area (Å²) in [6.45, 7) is 2.35. The lowest BCUT2D eigenvalue weighted by atomic mass is 9.95. The van der Waals surface area contributed by atoms with Gasteiger partial charge in [-0.15, -0.1) is 11.3 Å². The van der Waals surface area contributed by atoms with Crippen LogP contribution in [0.4, 0.5) is 0 Å². The van der Waals surface area contributed by atoms with Gasteiger partial charge in [-0.3, -0.25) is 4.79 Å². The summed E-state index contributed by atoms with van der Waals surface area (Å²) in [6, 6.07) is 0.212. The number of ether oxygens (including phenoxy) is 1. The molecule has 2 saturated heterocycles. The van der Waals surface area contributed by atoms with Crippen LogP contribution in [0.5, 0.6) is 0 Å². The third-order valence-electron chi connectivity index (χ3n) is 4.09. The van der Waals surface area contributed by atoms with Crippen LogP contribution in [0.15, 0.2) is 11.6 Å². The quantitative estimate of drug-likeness (QED) is 0.836. The minimum atomic E-state index is 0.161. The molecule has 0 N–H and O–H groups in total. The van der Waals surface area contributed by atoms with Crippen LogP contribution < -0.4 is 0 Å². The Balaban J connectivity index is 1.74. The van der Waals surface area contributed by atoms with E-state index in [9.17, 15) is 4.79 Å². The molecule has 104 valence electrons. The third-order valence-corrected chi connectivity index (χ3v) is 4.97. The molecule has 1 aromatic heterocycles. The van der Waals surface area contributed by atoms with E-state index in [1.807, 2.05) is 11.6 Å². The Bertz CT molecular complexity index is 415. The van der Waals surface area contributed by atoms with Gasteiger partial charge in [0.2, 0.25) is 5.91 Å². The zero-order valence-electron chi connectivity index (χ0n) is 11.1. The number of rotatable bonds is 2. The van der Waals surface area contributed by atoms with Crippen molar-refractivity contribution < 1.29 is 9.53 Å². The van der Waals surface area contributed by atoms with Crippen LogP contribution in [0, 0.1) is 5.92 Å². The van der Waals surface area contributed by atoms with Crippen molar-refractivity contribution in [2.75, 3.05) is 19.8 Å². The zero-order chi connectivity index (χ0) is 13.1. The van der Waals surface area contributed by atoms with Crippen LogP contribution in [0.25, 0.3) is 0 Å². The van der Waals surface area contributed by atoms with Crippen molar-refractivity contribution in [2.45, 2.75) is 38.1 Å². The first-order chi connectivity index (χ1) is 9.36. The van der Waals surface area contributed by atoms with Crippen LogP contribution >= 0.6 is 11.3 Å². The summed E-state index contributed by atoms with van der Waals surface area (Å²) in [5.41, 5.74) is 0. The number of piperidine rings is 1. The lowest BCUT2D eigenvalue weighted by Crippen LogP contribution is -2.43. The maximum absolute atomic E-state index is 12.7. The van der Waals surface area contributed by atoms with E-state index >= 15 is 0 Å². The van der Waals surface area contributed by atoms with E-state index in [0.29, 0.717) is 5.91 Å². The van der Waals surface area contributed by atoms with Crippen molar-refractivity contribution in [3.8, 4) is 0 Å². The highest BCUT2D eigenvalue weighted by Gasteiger charge is 2.34. The first-order valence-corrected chi connectivity index (χ1v) is 8.02. The molecule has 0 bridgehead atoms. The number of aromatic nitrogens is 1. The summed E-state index contributed by atoms with van der Waals surface area (Å²) in [5, 5.41) is 3.10. The molecule has 3 heterocycles. The normalized spacial score (nSPS) is 25.5. The predicted octanol–water partition coefficient (Wildman–Crippen LogP) is 2.62. The van der Waals surface area contributed by atoms with Gasteiger partial charge in [-0.1, -0.05) is 0 Å². The number of carbonyl (C=O) groups is 1. The lowest BCUT2D eigenvalue weighted by molar-refractivity contribution is -0.142. The van der Waals surface area contributed by atoms with E-state index in [1.54, 1.807) is 11.3 Å². The Morgan fingerprint density at radius 2 is 2.16 bits per heavy atom. The molecule has 4 nitrogen and oxygen atoms in total. The van der Waals surface area contributed by atoms with Crippen LogP contribution in [-0.4, -0.2) is 35.5 Å². The summed E-state index contributed by atoms with van der Waals surface area (Å²) in [7, 11) is 0. The van der Waals surface area contributed by atoms with E-state index in [4.69, 9.17) is 4.74 Å². The second kappa shape index (κ2) is 6.01. The van der Waals surface area contributed by atoms with Gasteiger partial charge in [0.05, 0.1) is 6.04 Å². The first-order valence-electron chi connectivity index (χ1n) is 7.14. The smallest absolute Gasteiger partial charge is 0.226 e. The van der Waals surface area contributed by atoms with Crippen molar-refractivity contribution >= 4 is 17.2 Å². The Morgan fingerprint density at radius 1 is 1.32 bits per heavy atom. The summed E-state index contributed by atoms with van der Waals surface area (Å²) >= 11 is 1.67. The molecule has 2 fully saturated rings. The molecule has 5 heteroatoms. The standard InChI is InChI=1S/C14H20N2O2S/c17-14(11-4-8-18-9-5-11)16-7-2-1-3-12(16)13-15-6-10-19-13/h6,10-12H,1-5,7-9H2. The van der Waals surface area contributed by atoms with E-state index in [2.05, 4.69) is 9.88 Å². The topological polar surface area (TPSA) is 42.4 Å². The van der Waals surface area contributed by atoms with E-state index in [-0.39, 0.29) is 12.0 Å². The van der Waals surface area contributed by atoms with Gasteiger partial charge in [-0.25, -0.2) is 4.98 Å². The average molecular weight is 280 g/mol. The van der Waals surface area contributed by atoms with Crippen molar-refractivity contribution in [2.24, 2.45) is 5.92 Å². The minimum Gasteiger partial charge on any atom is -0.381 e. The first kappa shape index (κ1) is 13.1. The Morgan fingerprint density at radius 3 is 2.89 bits per heavy atom. The molecule has 1 aromatic rings. The zero-order valence-corrected chi connectivity index (χ0v) is 11.9. The maximum Gasteiger partial charge on any atom is 0.226 e. The average Bonchev–Trinajstić information content (AvgIpc) is 3.01. The number of hydrogen-bond acceptors (Lipinski definition) is 4.